The number of thiophene rings is 1. The van der Waals surface area contributed by atoms with Crippen LogP contribution in [0, 0.1) is 18.8 Å². The molecule has 1 aliphatic heterocycles. The number of likely N-dealkylation sites (tertiary alicyclic amines) is 1. The predicted molar refractivity (Wildman–Crippen MR) is 105 cm³/mol. The van der Waals surface area contributed by atoms with Gasteiger partial charge in [0.05, 0.1) is 10.2 Å². The van der Waals surface area contributed by atoms with Gasteiger partial charge < -0.3 is 15.5 Å². The maximum absolute atomic E-state index is 4.76. The number of H-pyrrole nitrogens is 1. The summed E-state index contributed by atoms with van der Waals surface area (Å²) in [5.74, 6) is 3.93. The van der Waals surface area contributed by atoms with Gasteiger partial charge >= 0.3 is 0 Å². The fourth-order valence-corrected chi connectivity index (χ4v) is 5.23. The normalized spacial score (nSPS) is 25.7. The van der Waals surface area contributed by atoms with Gasteiger partial charge in [0.2, 0.25) is 5.95 Å². The van der Waals surface area contributed by atoms with E-state index in [0.717, 1.165) is 39.4 Å². The Morgan fingerprint density at radius 2 is 2.04 bits per heavy atom. The Bertz CT molecular complexity index is 919. The first-order chi connectivity index (χ1) is 12.6. The highest BCUT2D eigenvalue weighted by Crippen LogP contribution is 2.39. The Balaban J connectivity index is 1.38. The van der Waals surface area contributed by atoms with Gasteiger partial charge in [-0.25, -0.2) is 4.98 Å². The van der Waals surface area contributed by atoms with Gasteiger partial charge in [0.25, 0.3) is 0 Å². The summed E-state index contributed by atoms with van der Waals surface area (Å²) < 4.78 is 1.06. The molecule has 2 fully saturated rings. The van der Waals surface area contributed by atoms with Crippen LogP contribution in [-0.2, 0) is 0 Å². The third-order valence-electron chi connectivity index (χ3n) is 5.52. The highest BCUT2D eigenvalue weighted by Gasteiger charge is 2.39. The standard InChI is InChI=1S/C18H23N7S/c1-10-5-15(24-23-10)21-17-16-14(3-4-26-16)20-18(22-17)19-13-6-11-8-25(2)9-12(11)7-13/h3-5,11-13H,6-9H2,1-2H3,(H3,19,20,21,22,23,24)/t11-,12+,13-. The van der Waals surface area contributed by atoms with E-state index in [4.69, 9.17) is 9.97 Å². The first-order valence-corrected chi connectivity index (χ1v) is 10.0. The summed E-state index contributed by atoms with van der Waals surface area (Å²) in [5, 5.41) is 16.2. The zero-order valence-electron chi connectivity index (χ0n) is 15.0. The molecule has 26 heavy (non-hydrogen) atoms. The number of aryl methyl sites for hydroxylation is 1. The van der Waals surface area contributed by atoms with Crippen molar-refractivity contribution in [2.45, 2.75) is 25.8 Å². The summed E-state index contributed by atoms with van der Waals surface area (Å²) in [6.07, 6.45) is 2.42. The summed E-state index contributed by atoms with van der Waals surface area (Å²) in [4.78, 5) is 11.9. The minimum Gasteiger partial charge on any atom is -0.351 e. The van der Waals surface area contributed by atoms with E-state index in [1.807, 2.05) is 19.1 Å². The van der Waals surface area contributed by atoms with Crippen LogP contribution in [0.5, 0.6) is 0 Å². The molecule has 3 atom stereocenters. The molecule has 1 aliphatic carbocycles. The molecule has 0 spiro atoms. The van der Waals surface area contributed by atoms with Crippen molar-refractivity contribution in [1.29, 1.82) is 0 Å². The zero-order valence-corrected chi connectivity index (χ0v) is 15.8. The van der Waals surface area contributed by atoms with E-state index in [-0.39, 0.29) is 0 Å². The quantitative estimate of drug-likeness (QED) is 0.655. The van der Waals surface area contributed by atoms with Crippen LogP contribution >= 0.6 is 11.3 Å². The van der Waals surface area contributed by atoms with Gasteiger partial charge in [-0.3, -0.25) is 5.10 Å². The average molecular weight is 369 g/mol. The molecule has 3 N–H and O–H groups in total. The van der Waals surface area contributed by atoms with Gasteiger partial charge in [0.1, 0.15) is 0 Å². The Morgan fingerprint density at radius 3 is 2.77 bits per heavy atom. The van der Waals surface area contributed by atoms with Gasteiger partial charge in [-0.1, -0.05) is 0 Å². The molecule has 136 valence electrons. The van der Waals surface area contributed by atoms with E-state index in [0.29, 0.717) is 12.0 Å². The summed E-state index contributed by atoms with van der Waals surface area (Å²) in [7, 11) is 2.23. The van der Waals surface area contributed by atoms with Crippen molar-refractivity contribution in [1.82, 2.24) is 25.1 Å². The topological polar surface area (TPSA) is 81.8 Å². The molecule has 7 nitrogen and oxygen atoms in total. The molecule has 2 aliphatic rings. The molecule has 1 saturated carbocycles. The van der Waals surface area contributed by atoms with Crippen molar-refractivity contribution in [3.8, 4) is 0 Å². The number of aromatic nitrogens is 4. The molecule has 3 aromatic heterocycles. The molecule has 1 saturated heterocycles. The van der Waals surface area contributed by atoms with Gasteiger partial charge in [-0.2, -0.15) is 10.1 Å². The molecule has 0 bridgehead atoms. The third kappa shape index (κ3) is 2.93. The Hall–Kier alpha value is -2.19. The van der Waals surface area contributed by atoms with Crippen LogP contribution in [0.4, 0.5) is 17.6 Å². The van der Waals surface area contributed by atoms with Crippen molar-refractivity contribution >= 4 is 39.1 Å². The highest BCUT2D eigenvalue weighted by atomic mass is 32.1. The summed E-state index contributed by atoms with van der Waals surface area (Å²) in [6.45, 7) is 4.43. The number of aromatic amines is 1. The zero-order chi connectivity index (χ0) is 17.7. The average Bonchev–Trinajstić information content (AvgIpc) is 3.32. The Morgan fingerprint density at radius 1 is 1.23 bits per heavy atom. The molecule has 0 aromatic carbocycles. The van der Waals surface area contributed by atoms with Crippen LogP contribution < -0.4 is 10.6 Å². The summed E-state index contributed by atoms with van der Waals surface area (Å²) in [6, 6.07) is 4.49. The largest absolute Gasteiger partial charge is 0.351 e. The minimum atomic E-state index is 0.468. The highest BCUT2D eigenvalue weighted by molar-refractivity contribution is 7.17. The van der Waals surface area contributed by atoms with E-state index < -0.39 is 0 Å². The molecular formula is C18H23N7S. The lowest BCUT2D eigenvalue weighted by Gasteiger charge is -2.16. The SMILES string of the molecule is Cc1cc(Nc2nc(N[C@@H]3C[C@@H]4CN(C)C[C@@H]4C3)nc3ccsc23)n[nH]1. The number of hydrogen-bond acceptors (Lipinski definition) is 7. The lowest BCUT2D eigenvalue weighted by atomic mass is 10.0. The van der Waals surface area contributed by atoms with Crippen molar-refractivity contribution < 1.29 is 0 Å². The maximum atomic E-state index is 4.76. The fourth-order valence-electron chi connectivity index (χ4n) is 4.45. The molecule has 0 unspecified atom stereocenters. The number of fused-ring (bicyclic) bond motifs is 2. The molecule has 3 aromatic rings. The number of rotatable bonds is 4. The Labute approximate surface area is 156 Å². The summed E-state index contributed by atoms with van der Waals surface area (Å²) in [5.41, 5.74) is 1.99. The van der Waals surface area contributed by atoms with Crippen LogP contribution in [0.2, 0.25) is 0 Å². The van der Waals surface area contributed by atoms with Crippen molar-refractivity contribution in [2.75, 3.05) is 30.8 Å². The predicted octanol–water partition coefficient (Wildman–Crippen LogP) is 3.22. The number of hydrogen-bond donors (Lipinski definition) is 3. The van der Waals surface area contributed by atoms with Crippen molar-refractivity contribution in [2.24, 2.45) is 11.8 Å². The first kappa shape index (κ1) is 16.0. The lowest BCUT2D eigenvalue weighted by Crippen LogP contribution is -2.23. The van der Waals surface area contributed by atoms with E-state index in [2.05, 4.69) is 38.2 Å². The van der Waals surface area contributed by atoms with E-state index in [1.54, 1.807) is 11.3 Å². The van der Waals surface area contributed by atoms with Crippen LogP contribution in [0.3, 0.4) is 0 Å². The van der Waals surface area contributed by atoms with Crippen molar-refractivity contribution in [3.05, 3.63) is 23.2 Å². The van der Waals surface area contributed by atoms with Crippen LogP contribution in [0.25, 0.3) is 10.2 Å². The number of anilines is 3. The van der Waals surface area contributed by atoms with Crippen LogP contribution in [-0.4, -0.2) is 51.2 Å². The molecule has 5 rings (SSSR count). The molecular weight excluding hydrogens is 346 g/mol. The van der Waals surface area contributed by atoms with Crippen LogP contribution in [0.15, 0.2) is 17.5 Å². The lowest BCUT2D eigenvalue weighted by molar-refractivity contribution is 0.374. The van der Waals surface area contributed by atoms with Gasteiger partial charge in [0, 0.05) is 30.9 Å². The second kappa shape index (κ2) is 6.21. The monoisotopic (exact) mass is 369 g/mol. The maximum Gasteiger partial charge on any atom is 0.225 e. The Kier molecular flexibility index (Phi) is 3.82. The minimum absolute atomic E-state index is 0.468. The van der Waals surface area contributed by atoms with E-state index in [1.165, 1.54) is 25.9 Å². The second-order valence-electron chi connectivity index (χ2n) is 7.65. The van der Waals surface area contributed by atoms with Crippen molar-refractivity contribution in [3.63, 3.8) is 0 Å². The molecule has 8 heteroatoms. The number of nitrogens with one attached hydrogen (secondary N) is 3. The summed E-state index contributed by atoms with van der Waals surface area (Å²) >= 11 is 1.65. The number of nitrogens with zero attached hydrogens (tertiary/aromatic N) is 4. The van der Waals surface area contributed by atoms with Gasteiger partial charge in [-0.05, 0) is 50.1 Å². The first-order valence-electron chi connectivity index (χ1n) is 9.13. The molecule has 0 amide bonds. The fraction of sp³-hybridized carbons (Fsp3) is 0.500. The van der Waals surface area contributed by atoms with E-state index >= 15 is 0 Å². The molecule has 4 heterocycles. The van der Waals surface area contributed by atoms with E-state index in [9.17, 15) is 0 Å². The third-order valence-corrected chi connectivity index (χ3v) is 6.43. The van der Waals surface area contributed by atoms with Gasteiger partial charge in [0.15, 0.2) is 11.6 Å². The van der Waals surface area contributed by atoms with Crippen LogP contribution in [0.1, 0.15) is 18.5 Å². The molecule has 0 radical (unpaired) electrons. The second-order valence-corrected chi connectivity index (χ2v) is 8.56. The van der Waals surface area contributed by atoms with Gasteiger partial charge in [-0.15, -0.1) is 11.3 Å². The smallest absolute Gasteiger partial charge is 0.225 e.